The molecule has 7 heteroatoms. The fraction of sp³-hybridized carbons (Fsp3) is 0.812. The van der Waals surface area contributed by atoms with Crippen molar-refractivity contribution in [1.82, 2.24) is 5.32 Å². The van der Waals surface area contributed by atoms with Gasteiger partial charge < -0.3 is 20.3 Å². The lowest BCUT2D eigenvalue weighted by Crippen LogP contribution is -2.45. The molecule has 0 bridgehead atoms. The van der Waals surface area contributed by atoms with Crippen LogP contribution in [0.15, 0.2) is 0 Å². The van der Waals surface area contributed by atoms with Gasteiger partial charge in [0, 0.05) is 6.42 Å². The van der Waals surface area contributed by atoms with Crippen LogP contribution < -0.4 is 5.32 Å². The Kier molecular flexibility index (Phi) is 7.32. The van der Waals surface area contributed by atoms with Gasteiger partial charge in [-0.3, -0.25) is 4.79 Å². The smallest absolute Gasteiger partial charge is 0.408 e. The summed E-state index contributed by atoms with van der Waals surface area (Å²) in [5.41, 5.74) is 0. The van der Waals surface area contributed by atoms with E-state index in [2.05, 4.69) is 26.1 Å². The summed E-state index contributed by atoms with van der Waals surface area (Å²) in [7, 11) is 0. The van der Waals surface area contributed by atoms with Crippen LogP contribution in [0, 0.1) is 17.8 Å². The average Bonchev–Trinajstić information content (AvgIpc) is 2.42. The highest BCUT2D eigenvalue weighted by atomic mass is 16.6. The second-order valence-corrected chi connectivity index (χ2v) is 6.74. The van der Waals surface area contributed by atoms with Crippen molar-refractivity contribution >= 4 is 18.0 Å². The minimum atomic E-state index is -1.26. The molecule has 0 aromatic carbocycles. The lowest BCUT2D eigenvalue weighted by atomic mass is 9.75. The average molecular weight is 329 g/mol. The topological polar surface area (TPSA) is 113 Å². The third-order valence-electron chi connectivity index (χ3n) is 4.46. The second-order valence-electron chi connectivity index (χ2n) is 6.74. The number of hydrogen-bond acceptors (Lipinski definition) is 4. The predicted molar refractivity (Wildman–Crippen MR) is 83.0 cm³/mol. The molecule has 4 atom stereocenters. The molecule has 1 fully saturated rings. The maximum atomic E-state index is 12.0. The van der Waals surface area contributed by atoms with Crippen LogP contribution in [0.4, 0.5) is 4.79 Å². The molecule has 23 heavy (non-hydrogen) atoms. The van der Waals surface area contributed by atoms with Crippen molar-refractivity contribution < 1.29 is 29.3 Å². The minimum absolute atomic E-state index is 0.172. The molecule has 1 rings (SSSR count). The minimum Gasteiger partial charge on any atom is -0.481 e. The van der Waals surface area contributed by atoms with Crippen molar-refractivity contribution in [1.29, 1.82) is 0 Å². The third kappa shape index (κ3) is 6.46. The van der Waals surface area contributed by atoms with E-state index in [1.165, 1.54) is 0 Å². The van der Waals surface area contributed by atoms with E-state index in [-0.39, 0.29) is 24.9 Å². The maximum Gasteiger partial charge on any atom is 0.408 e. The molecule has 132 valence electrons. The zero-order valence-electron chi connectivity index (χ0n) is 13.9. The fourth-order valence-electron chi connectivity index (χ4n) is 3.09. The van der Waals surface area contributed by atoms with Gasteiger partial charge >= 0.3 is 18.0 Å². The molecule has 1 aliphatic carbocycles. The van der Waals surface area contributed by atoms with Gasteiger partial charge in [0.25, 0.3) is 0 Å². The van der Waals surface area contributed by atoms with Crippen LogP contribution in [0.1, 0.15) is 52.9 Å². The van der Waals surface area contributed by atoms with Crippen molar-refractivity contribution in [3.05, 3.63) is 0 Å². The highest BCUT2D eigenvalue weighted by molar-refractivity contribution is 5.80. The van der Waals surface area contributed by atoms with Crippen LogP contribution in [0.2, 0.25) is 0 Å². The molecule has 0 saturated heterocycles. The van der Waals surface area contributed by atoms with Crippen LogP contribution in [0.3, 0.4) is 0 Å². The molecule has 1 amide bonds. The molecule has 0 aromatic heterocycles. The summed E-state index contributed by atoms with van der Waals surface area (Å²) in [6.45, 7) is 6.28. The van der Waals surface area contributed by atoms with Crippen molar-refractivity contribution in [2.45, 2.75) is 65.0 Å². The number of carboxylic acid groups (broad SMARTS) is 2. The van der Waals surface area contributed by atoms with Crippen LogP contribution in [-0.2, 0) is 14.3 Å². The Morgan fingerprint density at radius 3 is 2.39 bits per heavy atom. The highest BCUT2D eigenvalue weighted by Crippen LogP contribution is 2.35. The first-order chi connectivity index (χ1) is 10.7. The summed E-state index contributed by atoms with van der Waals surface area (Å²) in [4.78, 5) is 33.6. The monoisotopic (exact) mass is 329 g/mol. The van der Waals surface area contributed by atoms with E-state index in [1.807, 2.05) is 0 Å². The van der Waals surface area contributed by atoms with Gasteiger partial charge in [0.05, 0.1) is 0 Å². The largest absolute Gasteiger partial charge is 0.481 e. The number of nitrogens with one attached hydrogen (secondary N) is 1. The Morgan fingerprint density at radius 1 is 1.22 bits per heavy atom. The summed E-state index contributed by atoms with van der Waals surface area (Å²) in [6, 6.07) is -1.25. The first-order valence-electron chi connectivity index (χ1n) is 8.12. The van der Waals surface area contributed by atoms with Gasteiger partial charge in [0.1, 0.15) is 12.1 Å². The highest BCUT2D eigenvalue weighted by Gasteiger charge is 2.34. The van der Waals surface area contributed by atoms with Crippen LogP contribution in [0.25, 0.3) is 0 Å². The molecule has 0 aliphatic heterocycles. The Hall–Kier alpha value is -1.79. The molecule has 3 N–H and O–H groups in total. The van der Waals surface area contributed by atoms with Crippen molar-refractivity contribution in [3.63, 3.8) is 0 Å². The number of carbonyl (C=O) groups is 3. The second kappa shape index (κ2) is 8.74. The molecule has 0 spiro atoms. The van der Waals surface area contributed by atoms with Gasteiger partial charge in [-0.25, -0.2) is 9.59 Å². The Balaban J connectivity index is 2.60. The number of carboxylic acids is 2. The molecule has 0 heterocycles. The molecular weight excluding hydrogens is 302 g/mol. The van der Waals surface area contributed by atoms with Gasteiger partial charge in [-0.2, -0.15) is 0 Å². The van der Waals surface area contributed by atoms with Crippen molar-refractivity contribution in [2.24, 2.45) is 17.8 Å². The molecule has 1 aliphatic rings. The summed E-state index contributed by atoms with van der Waals surface area (Å²) in [6.07, 6.45) is 1.34. The Morgan fingerprint density at radius 2 is 1.87 bits per heavy atom. The van der Waals surface area contributed by atoms with E-state index in [9.17, 15) is 14.4 Å². The molecule has 0 aromatic rings. The summed E-state index contributed by atoms with van der Waals surface area (Å²) >= 11 is 0. The fourth-order valence-corrected chi connectivity index (χ4v) is 3.09. The predicted octanol–water partition coefficient (Wildman–Crippen LogP) is 2.49. The van der Waals surface area contributed by atoms with Crippen molar-refractivity contribution in [2.75, 3.05) is 0 Å². The van der Waals surface area contributed by atoms with Gasteiger partial charge in [-0.1, -0.05) is 27.2 Å². The quantitative estimate of drug-likeness (QED) is 0.661. The number of carbonyl (C=O) groups excluding carboxylic acids is 1. The van der Waals surface area contributed by atoms with Crippen LogP contribution in [-0.4, -0.2) is 40.4 Å². The van der Waals surface area contributed by atoms with E-state index in [0.717, 1.165) is 19.3 Å². The van der Waals surface area contributed by atoms with Crippen LogP contribution in [0.5, 0.6) is 0 Å². The zero-order valence-corrected chi connectivity index (χ0v) is 13.9. The van der Waals surface area contributed by atoms with E-state index in [4.69, 9.17) is 14.9 Å². The standard InChI is InChI=1S/C16H27NO6/c1-9(2)11-5-4-10(3)8-13(11)23-16(22)17-12(15(20)21)6-7-14(18)19/h9-13H,4-8H2,1-3H3,(H,17,22)(H,18,19)(H,20,21)/t10?,11?,12-,13?/m0/s1. The number of amides is 1. The Bertz CT molecular complexity index is 436. The number of aliphatic carboxylic acids is 2. The summed E-state index contributed by atoms with van der Waals surface area (Å²) < 4.78 is 5.46. The molecule has 1 saturated carbocycles. The van der Waals surface area contributed by atoms with Gasteiger partial charge in [-0.15, -0.1) is 0 Å². The molecule has 7 nitrogen and oxygen atoms in total. The van der Waals surface area contributed by atoms with E-state index >= 15 is 0 Å². The lowest BCUT2D eigenvalue weighted by molar-refractivity contribution is -0.140. The SMILES string of the molecule is CC1CCC(C(C)C)C(OC(=O)N[C@@H](CCC(=O)O)C(=O)O)C1. The number of alkyl carbamates (subject to hydrolysis) is 1. The molecule has 0 radical (unpaired) electrons. The number of ether oxygens (including phenoxy) is 1. The number of rotatable bonds is 7. The van der Waals surface area contributed by atoms with Gasteiger partial charge in [0.2, 0.25) is 0 Å². The Labute approximate surface area is 136 Å². The zero-order chi connectivity index (χ0) is 17.6. The van der Waals surface area contributed by atoms with Gasteiger partial charge in [-0.05, 0) is 37.0 Å². The van der Waals surface area contributed by atoms with E-state index in [1.54, 1.807) is 0 Å². The normalized spacial score (nSPS) is 25.7. The van der Waals surface area contributed by atoms with E-state index in [0.29, 0.717) is 11.8 Å². The van der Waals surface area contributed by atoms with Gasteiger partial charge in [0.15, 0.2) is 0 Å². The summed E-state index contributed by atoms with van der Waals surface area (Å²) in [5.74, 6) is -1.26. The third-order valence-corrected chi connectivity index (χ3v) is 4.46. The number of hydrogen-bond donors (Lipinski definition) is 3. The van der Waals surface area contributed by atoms with Crippen LogP contribution >= 0.6 is 0 Å². The first-order valence-corrected chi connectivity index (χ1v) is 8.12. The first kappa shape index (κ1) is 19.3. The lowest BCUT2D eigenvalue weighted by Gasteiger charge is -2.36. The van der Waals surface area contributed by atoms with Crippen molar-refractivity contribution in [3.8, 4) is 0 Å². The summed E-state index contributed by atoms with van der Waals surface area (Å²) in [5, 5.41) is 20.0. The molecule has 3 unspecified atom stereocenters. The maximum absolute atomic E-state index is 12.0. The van der Waals surface area contributed by atoms with E-state index < -0.39 is 24.1 Å². The molecular formula is C16H27NO6.